The fourth-order valence-electron chi connectivity index (χ4n) is 1.90. The van der Waals surface area contributed by atoms with Crippen molar-refractivity contribution < 1.29 is 9.53 Å². The van der Waals surface area contributed by atoms with Gasteiger partial charge in [0, 0.05) is 16.4 Å². The smallest absolute Gasteiger partial charge is 0.340 e. The first-order valence-electron chi connectivity index (χ1n) is 6.47. The number of rotatable bonds is 4. The van der Waals surface area contributed by atoms with Gasteiger partial charge in [-0.1, -0.05) is 15.9 Å². The van der Waals surface area contributed by atoms with Crippen molar-refractivity contribution in [2.45, 2.75) is 13.8 Å². The molecule has 1 heterocycles. The Morgan fingerprint density at radius 2 is 2.19 bits per heavy atom. The molecule has 0 saturated carbocycles. The fraction of sp³-hybridized carbons (Fsp3) is 0.200. The number of benzene rings is 1. The van der Waals surface area contributed by atoms with Crippen LogP contribution in [0.2, 0.25) is 0 Å². The highest BCUT2D eigenvalue weighted by atomic mass is 79.9. The number of nitrogen functional groups attached to an aromatic ring is 1. The van der Waals surface area contributed by atoms with Gasteiger partial charge in [-0.15, -0.1) is 0 Å². The minimum atomic E-state index is -0.453. The van der Waals surface area contributed by atoms with Gasteiger partial charge in [0.1, 0.15) is 0 Å². The molecule has 0 radical (unpaired) electrons. The van der Waals surface area contributed by atoms with E-state index < -0.39 is 5.97 Å². The van der Waals surface area contributed by atoms with Crippen LogP contribution in [0.3, 0.4) is 0 Å². The molecule has 6 heteroatoms. The first-order chi connectivity index (χ1) is 10.0. The van der Waals surface area contributed by atoms with Crippen LogP contribution >= 0.6 is 15.9 Å². The minimum absolute atomic E-state index is 0.272. The number of nitrogens with zero attached hydrogens (tertiary/aromatic N) is 1. The zero-order chi connectivity index (χ0) is 15.4. The van der Waals surface area contributed by atoms with Gasteiger partial charge >= 0.3 is 5.97 Å². The highest BCUT2D eigenvalue weighted by Crippen LogP contribution is 2.27. The van der Waals surface area contributed by atoms with E-state index in [9.17, 15) is 4.79 Å². The molecule has 0 spiro atoms. The number of hydrogen-bond donors (Lipinski definition) is 2. The van der Waals surface area contributed by atoms with Gasteiger partial charge in [0.05, 0.1) is 17.9 Å². The molecule has 110 valence electrons. The van der Waals surface area contributed by atoms with Crippen molar-refractivity contribution in [1.29, 1.82) is 0 Å². The highest BCUT2D eigenvalue weighted by Gasteiger charge is 2.14. The number of nitrogens with one attached hydrogen (secondary N) is 1. The molecular formula is C15H16BrN3O2. The molecule has 1 aromatic carbocycles. The third-order valence-corrected chi connectivity index (χ3v) is 3.25. The summed E-state index contributed by atoms with van der Waals surface area (Å²) in [5.41, 5.74) is 8.50. The average molecular weight is 350 g/mol. The number of carbonyl (C=O) groups excluding carboxylic acids is 1. The van der Waals surface area contributed by atoms with E-state index in [2.05, 4.69) is 26.2 Å². The van der Waals surface area contributed by atoms with Gasteiger partial charge in [0.15, 0.2) is 5.82 Å². The van der Waals surface area contributed by atoms with Crippen LogP contribution in [-0.2, 0) is 4.74 Å². The number of aromatic nitrogens is 1. The van der Waals surface area contributed by atoms with Crippen LogP contribution in [0.5, 0.6) is 0 Å². The molecule has 0 saturated heterocycles. The van der Waals surface area contributed by atoms with E-state index in [4.69, 9.17) is 10.5 Å². The van der Waals surface area contributed by atoms with E-state index in [1.165, 1.54) is 6.20 Å². The predicted molar refractivity (Wildman–Crippen MR) is 86.8 cm³/mol. The Hall–Kier alpha value is -2.08. The Bertz CT molecular complexity index is 654. The Labute approximate surface area is 131 Å². The SMILES string of the molecule is CCOC(=O)c1ccnc(Nc2cc(C)cc(Br)c2)c1N. The van der Waals surface area contributed by atoms with E-state index in [0.29, 0.717) is 18.0 Å². The summed E-state index contributed by atoms with van der Waals surface area (Å²) >= 11 is 3.44. The van der Waals surface area contributed by atoms with Crippen molar-refractivity contribution in [2.75, 3.05) is 17.7 Å². The lowest BCUT2D eigenvalue weighted by Gasteiger charge is -2.12. The molecule has 0 aliphatic heterocycles. The molecule has 0 aliphatic rings. The van der Waals surface area contributed by atoms with Crippen LogP contribution in [0.1, 0.15) is 22.8 Å². The Morgan fingerprint density at radius 1 is 1.43 bits per heavy atom. The lowest BCUT2D eigenvalue weighted by atomic mass is 10.2. The number of hydrogen-bond acceptors (Lipinski definition) is 5. The lowest BCUT2D eigenvalue weighted by Crippen LogP contribution is -2.10. The molecule has 5 nitrogen and oxygen atoms in total. The van der Waals surface area contributed by atoms with E-state index in [1.807, 2.05) is 25.1 Å². The van der Waals surface area contributed by atoms with Crippen molar-refractivity contribution in [3.05, 3.63) is 46.1 Å². The number of ether oxygens (including phenoxy) is 1. The highest BCUT2D eigenvalue weighted by molar-refractivity contribution is 9.10. The summed E-state index contributed by atoms with van der Waals surface area (Å²) in [4.78, 5) is 16.0. The molecule has 21 heavy (non-hydrogen) atoms. The van der Waals surface area contributed by atoms with Crippen LogP contribution in [0, 0.1) is 6.92 Å². The predicted octanol–water partition coefficient (Wildman–Crippen LogP) is 3.66. The summed E-state index contributed by atoms with van der Waals surface area (Å²) < 4.78 is 5.92. The van der Waals surface area contributed by atoms with Gasteiger partial charge < -0.3 is 15.8 Å². The van der Waals surface area contributed by atoms with Gasteiger partial charge in [-0.25, -0.2) is 9.78 Å². The van der Waals surface area contributed by atoms with Crippen LogP contribution in [-0.4, -0.2) is 17.6 Å². The van der Waals surface area contributed by atoms with Crippen LogP contribution < -0.4 is 11.1 Å². The summed E-state index contributed by atoms with van der Waals surface area (Å²) in [6.07, 6.45) is 1.52. The minimum Gasteiger partial charge on any atom is -0.462 e. The van der Waals surface area contributed by atoms with Gasteiger partial charge in [-0.3, -0.25) is 0 Å². The van der Waals surface area contributed by atoms with Crippen molar-refractivity contribution in [3.8, 4) is 0 Å². The second-order valence-electron chi connectivity index (χ2n) is 4.48. The van der Waals surface area contributed by atoms with Crippen molar-refractivity contribution in [1.82, 2.24) is 4.98 Å². The molecule has 0 fully saturated rings. The third-order valence-electron chi connectivity index (χ3n) is 2.79. The van der Waals surface area contributed by atoms with Gasteiger partial charge in [-0.05, 0) is 43.7 Å². The van der Waals surface area contributed by atoms with Crippen molar-refractivity contribution in [3.63, 3.8) is 0 Å². The quantitative estimate of drug-likeness (QED) is 0.823. The number of halogens is 1. The van der Waals surface area contributed by atoms with E-state index in [1.54, 1.807) is 13.0 Å². The normalized spacial score (nSPS) is 10.2. The summed E-state index contributed by atoms with van der Waals surface area (Å²) in [6.45, 7) is 4.04. The molecule has 3 N–H and O–H groups in total. The maximum Gasteiger partial charge on any atom is 0.340 e. The van der Waals surface area contributed by atoms with Crippen molar-refractivity contribution >= 4 is 39.1 Å². The summed E-state index contributed by atoms with van der Waals surface area (Å²) in [5, 5.41) is 3.12. The fourth-order valence-corrected chi connectivity index (χ4v) is 2.51. The molecule has 0 bridgehead atoms. The standard InChI is InChI=1S/C15H16BrN3O2/c1-3-21-15(20)12-4-5-18-14(13(12)17)19-11-7-9(2)6-10(16)8-11/h4-8H,3,17H2,1-2H3,(H,18,19). The van der Waals surface area contributed by atoms with Crippen LogP contribution in [0.15, 0.2) is 34.9 Å². The molecule has 2 aromatic rings. The van der Waals surface area contributed by atoms with Crippen molar-refractivity contribution in [2.24, 2.45) is 0 Å². The maximum absolute atomic E-state index is 11.8. The molecule has 1 aromatic heterocycles. The molecule has 0 amide bonds. The number of esters is 1. The van der Waals surface area contributed by atoms with E-state index in [0.717, 1.165) is 15.7 Å². The van der Waals surface area contributed by atoms with Gasteiger partial charge in [-0.2, -0.15) is 0 Å². The Morgan fingerprint density at radius 3 is 2.86 bits per heavy atom. The Balaban J connectivity index is 2.32. The van der Waals surface area contributed by atoms with E-state index in [-0.39, 0.29) is 5.69 Å². The van der Waals surface area contributed by atoms with E-state index >= 15 is 0 Å². The summed E-state index contributed by atoms with van der Waals surface area (Å²) in [5.74, 6) is -0.0241. The third kappa shape index (κ3) is 3.72. The lowest BCUT2D eigenvalue weighted by molar-refractivity contribution is 0.0527. The largest absolute Gasteiger partial charge is 0.462 e. The number of aryl methyl sites for hydroxylation is 1. The maximum atomic E-state index is 11.8. The second kappa shape index (κ2) is 6.58. The Kier molecular flexibility index (Phi) is 4.80. The molecule has 0 unspecified atom stereocenters. The van der Waals surface area contributed by atoms with Gasteiger partial charge in [0.25, 0.3) is 0 Å². The molecule has 2 rings (SSSR count). The molecular weight excluding hydrogens is 334 g/mol. The summed E-state index contributed by atoms with van der Waals surface area (Å²) in [7, 11) is 0. The van der Waals surface area contributed by atoms with Crippen LogP contribution in [0.25, 0.3) is 0 Å². The second-order valence-corrected chi connectivity index (χ2v) is 5.40. The zero-order valence-corrected chi connectivity index (χ0v) is 13.4. The molecule has 0 aliphatic carbocycles. The monoisotopic (exact) mass is 349 g/mol. The zero-order valence-electron chi connectivity index (χ0n) is 11.8. The average Bonchev–Trinajstić information content (AvgIpc) is 2.40. The van der Waals surface area contributed by atoms with Gasteiger partial charge in [0.2, 0.25) is 0 Å². The summed E-state index contributed by atoms with van der Waals surface area (Å²) in [6, 6.07) is 7.41. The number of pyridine rings is 1. The molecule has 0 atom stereocenters. The number of anilines is 3. The first kappa shape index (κ1) is 15.3. The number of carbonyl (C=O) groups is 1. The van der Waals surface area contributed by atoms with Crippen LogP contribution in [0.4, 0.5) is 17.2 Å². The first-order valence-corrected chi connectivity index (χ1v) is 7.26. The number of nitrogens with two attached hydrogens (primary N) is 1. The topological polar surface area (TPSA) is 77.2 Å².